The maximum absolute atomic E-state index is 12.5. The van der Waals surface area contributed by atoms with Gasteiger partial charge in [0.1, 0.15) is 5.75 Å². The highest BCUT2D eigenvalue weighted by Crippen LogP contribution is 2.17. The molecule has 0 atom stereocenters. The molecule has 1 amide bonds. The summed E-state index contributed by atoms with van der Waals surface area (Å²) >= 11 is 3.42. The molecule has 0 aliphatic carbocycles. The van der Waals surface area contributed by atoms with E-state index in [1.54, 1.807) is 18.0 Å². The van der Waals surface area contributed by atoms with Gasteiger partial charge in [-0.3, -0.25) is 4.79 Å². The number of nitrogens with zero attached hydrogens (tertiary/aromatic N) is 2. The van der Waals surface area contributed by atoms with Crippen molar-refractivity contribution in [2.75, 3.05) is 7.11 Å². The first-order chi connectivity index (χ1) is 12.1. The van der Waals surface area contributed by atoms with Crippen LogP contribution in [0.5, 0.6) is 5.75 Å². The SMILES string of the molecule is COc1cccc(CNC(=O)c2cnn(-c3ccc(Br)cc3)c2C)c1. The summed E-state index contributed by atoms with van der Waals surface area (Å²) in [5.74, 6) is 0.620. The maximum atomic E-state index is 12.5. The van der Waals surface area contributed by atoms with Gasteiger partial charge in [-0.15, -0.1) is 0 Å². The van der Waals surface area contributed by atoms with E-state index in [1.807, 2.05) is 55.5 Å². The van der Waals surface area contributed by atoms with Gasteiger partial charge in [0.25, 0.3) is 5.91 Å². The van der Waals surface area contributed by atoms with Crippen molar-refractivity contribution in [1.29, 1.82) is 0 Å². The summed E-state index contributed by atoms with van der Waals surface area (Å²) in [7, 11) is 1.62. The van der Waals surface area contributed by atoms with Crippen molar-refractivity contribution in [2.45, 2.75) is 13.5 Å². The van der Waals surface area contributed by atoms with Gasteiger partial charge in [-0.2, -0.15) is 5.10 Å². The van der Waals surface area contributed by atoms with Crippen molar-refractivity contribution < 1.29 is 9.53 Å². The molecule has 5 nitrogen and oxygen atoms in total. The molecular weight excluding hydrogens is 382 g/mol. The first-order valence-electron chi connectivity index (χ1n) is 7.80. The monoisotopic (exact) mass is 399 g/mol. The summed E-state index contributed by atoms with van der Waals surface area (Å²) in [5, 5.41) is 7.27. The molecule has 0 aliphatic heterocycles. The summed E-state index contributed by atoms with van der Waals surface area (Å²) in [6, 6.07) is 15.4. The average molecular weight is 400 g/mol. The third-order valence-electron chi connectivity index (χ3n) is 3.91. The second-order valence-electron chi connectivity index (χ2n) is 5.57. The van der Waals surface area contributed by atoms with E-state index in [4.69, 9.17) is 4.74 Å². The minimum atomic E-state index is -0.149. The van der Waals surface area contributed by atoms with Gasteiger partial charge >= 0.3 is 0 Å². The number of carbonyl (C=O) groups excluding carboxylic acids is 1. The third-order valence-corrected chi connectivity index (χ3v) is 4.44. The number of benzene rings is 2. The first-order valence-corrected chi connectivity index (χ1v) is 8.59. The van der Waals surface area contributed by atoms with Gasteiger partial charge in [-0.05, 0) is 48.9 Å². The number of methoxy groups -OCH3 is 1. The highest BCUT2D eigenvalue weighted by molar-refractivity contribution is 9.10. The number of carbonyl (C=O) groups is 1. The fourth-order valence-corrected chi connectivity index (χ4v) is 2.80. The zero-order valence-corrected chi connectivity index (χ0v) is 15.6. The van der Waals surface area contributed by atoms with E-state index in [9.17, 15) is 4.79 Å². The Balaban J connectivity index is 1.73. The van der Waals surface area contributed by atoms with Gasteiger partial charge in [0.15, 0.2) is 0 Å². The highest BCUT2D eigenvalue weighted by Gasteiger charge is 2.15. The van der Waals surface area contributed by atoms with Gasteiger partial charge in [0, 0.05) is 11.0 Å². The molecule has 2 aromatic carbocycles. The van der Waals surface area contributed by atoms with Crippen LogP contribution < -0.4 is 10.1 Å². The summed E-state index contributed by atoms with van der Waals surface area (Å²) in [6.45, 7) is 2.31. The Hall–Kier alpha value is -2.60. The number of hydrogen-bond acceptors (Lipinski definition) is 3. The quantitative estimate of drug-likeness (QED) is 0.707. The molecule has 0 radical (unpaired) electrons. The molecule has 0 spiro atoms. The van der Waals surface area contributed by atoms with Crippen molar-refractivity contribution in [3.8, 4) is 11.4 Å². The van der Waals surface area contributed by atoms with Crippen molar-refractivity contribution in [1.82, 2.24) is 15.1 Å². The average Bonchev–Trinajstić information content (AvgIpc) is 3.02. The number of aromatic nitrogens is 2. The van der Waals surface area contributed by atoms with Gasteiger partial charge in [0.2, 0.25) is 0 Å². The van der Waals surface area contributed by atoms with Gasteiger partial charge < -0.3 is 10.1 Å². The first kappa shape index (κ1) is 17.2. The Kier molecular flexibility index (Phi) is 5.19. The molecule has 1 aromatic heterocycles. The van der Waals surface area contributed by atoms with Crippen LogP contribution >= 0.6 is 15.9 Å². The van der Waals surface area contributed by atoms with Crippen LogP contribution in [-0.4, -0.2) is 22.8 Å². The molecule has 6 heteroatoms. The molecule has 1 heterocycles. The Morgan fingerprint density at radius 3 is 2.72 bits per heavy atom. The van der Waals surface area contributed by atoms with Crippen LogP contribution in [0.3, 0.4) is 0 Å². The lowest BCUT2D eigenvalue weighted by atomic mass is 10.2. The topological polar surface area (TPSA) is 56.1 Å². The van der Waals surface area contributed by atoms with Crippen molar-refractivity contribution in [3.05, 3.63) is 76.0 Å². The zero-order valence-electron chi connectivity index (χ0n) is 14.0. The van der Waals surface area contributed by atoms with E-state index in [0.717, 1.165) is 27.2 Å². The van der Waals surface area contributed by atoms with Crippen molar-refractivity contribution in [3.63, 3.8) is 0 Å². The van der Waals surface area contributed by atoms with Crippen LogP contribution in [-0.2, 0) is 6.54 Å². The molecule has 0 saturated carbocycles. The lowest BCUT2D eigenvalue weighted by Gasteiger charge is -2.08. The summed E-state index contributed by atoms with van der Waals surface area (Å²) in [4.78, 5) is 12.5. The molecule has 128 valence electrons. The van der Waals surface area contributed by atoms with Gasteiger partial charge in [-0.1, -0.05) is 28.1 Å². The van der Waals surface area contributed by atoms with Crippen LogP contribution in [0, 0.1) is 6.92 Å². The smallest absolute Gasteiger partial charge is 0.255 e. The molecule has 0 saturated heterocycles. The number of nitrogens with one attached hydrogen (secondary N) is 1. The Labute approximate surface area is 154 Å². The molecular formula is C19H18BrN3O2. The lowest BCUT2D eigenvalue weighted by molar-refractivity contribution is 0.0950. The minimum absolute atomic E-state index is 0.149. The van der Waals surface area contributed by atoms with E-state index in [2.05, 4.69) is 26.3 Å². The largest absolute Gasteiger partial charge is 0.497 e. The maximum Gasteiger partial charge on any atom is 0.255 e. The predicted octanol–water partition coefficient (Wildman–Crippen LogP) is 3.88. The number of rotatable bonds is 5. The Morgan fingerprint density at radius 1 is 1.24 bits per heavy atom. The number of amides is 1. The summed E-state index contributed by atoms with van der Waals surface area (Å²) in [5.41, 5.74) is 3.24. The van der Waals surface area contributed by atoms with Crippen LogP contribution in [0.25, 0.3) is 5.69 Å². The molecule has 0 unspecified atom stereocenters. The van der Waals surface area contributed by atoms with Gasteiger partial charge in [-0.25, -0.2) is 4.68 Å². The zero-order chi connectivity index (χ0) is 17.8. The van der Waals surface area contributed by atoms with E-state index >= 15 is 0 Å². The normalized spacial score (nSPS) is 10.5. The Bertz CT molecular complexity index is 888. The van der Waals surface area contributed by atoms with E-state index in [-0.39, 0.29) is 5.91 Å². The van der Waals surface area contributed by atoms with Crippen LogP contribution in [0.15, 0.2) is 59.2 Å². The van der Waals surface area contributed by atoms with Crippen molar-refractivity contribution in [2.24, 2.45) is 0 Å². The number of hydrogen-bond donors (Lipinski definition) is 1. The Morgan fingerprint density at radius 2 is 2.00 bits per heavy atom. The van der Waals surface area contributed by atoms with Crippen molar-refractivity contribution >= 4 is 21.8 Å². The predicted molar refractivity (Wildman–Crippen MR) is 100 cm³/mol. The molecule has 1 N–H and O–H groups in total. The number of ether oxygens (including phenoxy) is 1. The van der Waals surface area contributed by atoms with Crippen LogP contribution in [0.2, 0.25) is 0 Å². The fraction of sp³-hybridized carbons (Fsp3) is 0.158. The fourth-order valence-electron chi connectivity index (χ4n) is 2.54. The summed E-state index contributed by atoms with van der Waals surface area (Å²) in [6.07, 6.45) is 1.60. The minimum Gasteiger partial charge on any atom is -0.497 e. The second kappa shape index (κ2) is 7.53. The van der Waals surface area contributed by atoms with E-state index in [0.29, 0.717) is 12.1 Å². The molecule has 3 aromatic rings. The highest BCUT2D eigenvalue weighted by atomic mass is 79.9. The van der Waals surface area contributed by atoms with Crippen LogP contribution in [0.1, 0.15) is 21.6 Å². The molecule has 0 bridgehead atoms. The van der Waals surface area contributed by atoms with Gasteiger partial charge in [0.05, 0.1) is 30.3 Å². The molecule has 25 heavy (non-hydrogen) atoms. The molecule has 0 fully saturated rings. The van der Waals surface area contributed by atoms with Crippen LogP contribution in [0.4, 0.5) is 0 Å². The second-order valence-corrected chi connectivity index (χ2v) is 6.48. The molecule has 3 rings (SSSR count). The van der Waals surface area contributed by atoms with E-state index in [1.165, 1.54) is 0 Å². The standard InChI is InChI=1S/C19H18BrN3O2/c1-13-18(12-22-23(13)16-8-6-15(20)7-9-16)19(24)21-11-14-4-3-5-17(10-14)25-2/h3-10,12H,11H2,1-2H3,(H,21,24). The molecule has 0 aliphatic rings. The number of halogens is 1. The summed E-state index contributed by atoms with van der Waals surface area (Å²) < 4.78 is 7.95. The van der Waals surface area contributed by atoms with E-state index < -0.39 is 0 Å². The lowest BCUT2D eigenvalue weighted by Crippen LogP contribution is -2.23. The third kappa shape index (κ3) is 3.91.